The molecule has 7 nitrogen and oxygen atoms in total. The monoisotopic (exact) mass is 357 g/mol. The van der Waals surface area contributed by atoms with Crippen LogP contribution in [0.5, 0.6) is 5.75 Å². The lowest BCUT2D eigenvalue weighted by molar-refractivity contribution is -0.0783. The summed E-state index contributed by atoms with van der Waals surface area (Å²) in [4.78, 5) is 2.83. The molecule has 2 rings (SSSR count). The Hall–Kier alpha value is -2.57. The minimum Gasteiger partial charge on any atom is -0.497 e. The largest absolute Gasteiger partial charge is 0.497 e. The van der Waals surface area contributed by atoms with Crippen LogP contribution in [0.3, 0.4) is 0 Å². The second-order valence-electron chi connectivity index (χ2n) is 5.83. The van der Waals surface area contributed by atoms with Gasteiger partial charge in [0.25, 0.3) is 0 Å². The zero-order valence-electron chi connectivity index (χ0n) is 14.6. The number of benzene rings is 2. The molecule has 26 heavy (non-hydrogen) atoms. The van der Waals surface area contributed by atoms with Gasteiger partial charge in [-0.2, -0.15) is 0 Å². The van der Waals surface area contributed by atoms with Crippen LogP contribution in [0.25, 0.3) is 10.4 Å². The van der Waals surface area contributed by atoms with Crippen LogP contribution in [0.4, 0.5) is 0 Å². The Labute approximate surface area is 152 Å². The van der Waals surface area contributed by atoms with Crippen molar-refractivity contribution >= 4 is 0 Å². The molecule has 0 aromatic heterocycles. The third-order valence-corrected chi connectivity index (χ3v) is 4.07. The van der Waals surface area contributed by atoms with Crippen molar-refractivity contribution in [2.24, 2.45) is 5.11 Å². The van der Waals surface area contributed by atoms with Crippen LogP contribution in [0.1, 0.15) is 11.1 Å². The van der Waals surface area contributed by atoms with E-state index in [1.165, 1.54) is 0 Å². The van der Waals surface area contributed by atoms with E-state index in [1.54, 1.807) is 19.2 Å². The summed E-state index contributed by atoms with van der Waals surface area (Å²) in [6.07, 6.45) is -1.67. The summed E-state index contributed by atoms with van der Waals surface area (Å²) >= 11 is 0. The van der Waals surface area contributed by atoms with Crippen LogP contribution < -0.4 is 4.74 Å². The third-order valence-electron chi connectivity index (χ3n) is 4.07. The summed E-state index contributed by atoms with van der Waals surface area (Å²) in [6.45, 7) is -0.136. The third kappa shape index (κ3) is 5.75. The van der Waals surface area contributed by atoms with Gasteiger partial charge in [0, 0.05) is 4.91 Å². The molecule has 2 aromatic rings. The number of aliphatic hydroxyl groups is 2. The predicted molar refractivity (Wildman–Crippen MR) is 97.7 cm³/mol. The first-order valence-corrected chi connectivity index (χ1v) is 8.29. The highest BCUT2D eigenvalue weighted by molar-refractivity contribution is 5.27. The fourth-order valence-corrected chi connectivity index (χ4v) is 2.58. The average molecular weight is 357 g/mol. The second-order valence-corrected chi connectivity index (χ2v) is 5.83. The van der Waals surface area contributed by atoms with Crippen LogP contribution >= 0.6 is 0 Å². The van der Waals surface area contributed by atoms with Crippen LogP contribution in [-0.4, -0.2) is 42.2 Å². The number of methoxy groups -OCH3 is 1. The molecule has 3 atom stereocenters. The smallest absolute Gasteiger partial charge is 0.118 e. The van der Waals surface area contributed by atoms with Crippen molar-refractivity contribution in [1.82, 2.24) is 0 Å². The van der Waals surface area contributed by atoms with Crippen molar-refractivity contribution in [2.45, 2.75) is 31.3 Å². The molecular formula is C19H23N3O4. The molecule has 0 heterocycles. The molecule has 0 amide bonds. The molecule has 2 N–H and O–H groups in total. The fraction of sp³-hybridized carbons (Fsp3) is 0.368. The Balaban J connectivity index is 2.03. The van der Waals surface area contributed by atoms with E-state index in [0.717, 1.165) is 11.1 Å². The maximum atomic E-state index is 10.6. The predicted octanol–water partition coefficient (Wildman–Crippen LogP) is 2.86. The van der Waals surface area contributed by atoms with Gasteiger partial charge in [0.2, 0.25) is 0 Å². The molecular weight excluding hydrogens is 334 g/mol. The van der Waals surface area contributed by atoms with E-state index in [9.17, 15) is 10.2 Å². The second kappa shape index (κ2) is 10.4. The number of hydrogen-bond acceptors (Lipinski definition) is 5. The Morgan fingerprint density at radius 3 is 2.35 bits per heavy atom. The van der Waals surface area contributed by atoms with Gasteiger partial charge in [-0.05, 0) is 35.2 Å². The molecule has 0 saturated heterocycles. The summed E-state index contributed by atoms with van der Waals surface area (Å²) in [7, 11) is 1.58. The first-order chi connectivity index (χ1) is 12.7. The number of nitrogens with zero attached hydrogens (tertiary/aromatic N) is 3. The minimum absolute atomic E-state index is 0.245. The van der Waals surface area contributed by atoms with Crippen molar-refractivity contribution in [3.8, 4) is 5.75 Å². The topological polar surface area (TPSA) is 108 Å². The van der Waals surface area contributed by atoms with Crippen LogP contribution in [-0.2, 0) is 17.8 Å². The molecule has 0 aliphatic rings. The van der Waals surface area contributed by atoms with E-state index in [0.29, 0.717) is 12.2 Å². The van der Waals surface area contributed by atoms with E-state index in [4.69, 9.17) is 15.0 Å². The number of ether oxygens (including phenoxy) is 2. The summed E-state index contributed by atoms with van der Waals surface area (Å²) in [5.74, 6) is 0.717. The van der Waals surface area contributed by atoms with Gasteiger partial charge in [0.05, 0.1) is 32.5 Å². The van der Waals surface area contributed by atoms with Gasteiger partial charge >= 0.3 is 0 Å². The number of hydrogen-bond donors (Lipinski definition) is 2. The molecule has 0 unspecified atom stereocenters. The Bertz CT molecular complexity index is 702. The lowest BCUT2D eigenvalue weighted by atomic mass is 9.98. The number of azide groups is 1. The highest BCUT2D eigenvalue weighted by Crippen LogP contribution is 2.18. The molecule has 0 bridgehead atoms. The Kier molecular flexibility index (Phi) is 7.92. The normalized spacial score (nSPS) is 14.1. The van der Waals surface area contributed by atoms with Crippen LogP contribution in [0.2, 0.25) is 0 Å². The quantitative estimate of drug-likeness (QED) is 0.387. The molecule has 0 radical (unpaired) electrons. The molecule has 0 saturated carbocycles. The van der Waals surface area contributed by atoms with Gasteiger partial charge in [0.15, 0.2) is 0 Å². The van der Waals surface area contributed by atoms with Gasteiger partial charge in [-0.25, -0.2) is 0 Å². The molecule has 0 fully saturated rings. The maximum absolute atomic E-state index is 10.6. The molecule has 0 aliphatic heterocycles. The first kappa shape index (κ1) is 19.8. The van der Waals surface area contributed by atoms with Crippen molar-refractivity contribution < 1.29 is 19.7 Å². The van der Waals surface area contributed by atoms with Gasteiger partial charge < -0.3 is 19.7 Å². The molecule has 7 heteroatoms. The van der Waals surface area contributed by atoms with Gasteiger partial charge in [-0.15, -0.1) is 0 Å². The lowest BCUT2D eigenvalue weighted by Gasteiger charge is -2.26. The molecule has 0 spiro atoms. The number of rotatable bonds is 10. The Morgan fingerprint density at radius 2 is 1.77 bits per heavy atom. The lowest BCUT2D eigenvalue weighted by Crippen LogP contribution is -2.41. The zero-order valence-corrected chi connectivity index (χ0v) is 14.6. The SMILES string of the molecule is COc1ccc(C[C@H](N=[N+]=[N-])[C@@H](O)[C@@H](CO)OCc2ccccc2)cc1. The highest BCUT2D eigenvalue weighted by Gasteiger charge is 2.27. The summed E-state index contributed by atoms with van der Waals surface area (Å²) in [6, 6.07) is 16.0. The fourth-order valence-electron chi connectivity index (χ4n) is 2.58. The van der Waals surface area contributed by atoms with E-state index in [2.05, 4.69) is 10.0 Å². The van der Waals surface area contributed by atoms with E-state index in [-0.39, 0.29) is 13.2 Å². The molecule has 138 valence electrons. The average Bonchev–Trinajstić information content (AvgIpc) is 2.69. The van der Waals surface area contributed by atoms with Crippen LogP contribution in [0.15, 0.2) is 59.7 Å². The van der Waals surface area contributed by atoms with E-state index < -0.39 is 18.2 Å². The molecule has 2 aromatic carbocycles. The van der Waals surface area contributed by atoms with Crippen molar-refractivity contribution in [3.63, 3.8) is 0 Å². The van der Waals surface area contributed by atoms with Gasteiger partial charge in [0.1, 0.15) is 11.9 Å². The standard InChI is InChI=1S/C19H23N3O4/c1-25-16-9-7-14(8-10-16)11-17(21-22-20)19(24)18(12-23)26-13-15-5-3-2-4-6-15/h2-10,17-19,23-24H,11-13H2,1H3/t17-,18+,19+/m0/s1. The van der Waals surface area contributed by atoms with E-state index >= 15 is 0 Å². The van der Waals surface area contributed by atoms with Gasteiger partial charge in [-0.3, -0.25) is 0 Å². The molecule has 0 aliphatic carbocycles. The summed E-state index contributed by atoms with van der Waals surface area (Å²) in [5, 5.41) is 23.8. The zero-order chi connectivity index (χ0) is 18.8. The van der Waals surface area contributed by atoms with E-state index in [1.807, 2.05) is 42.5 Å². The van der Waals surface area contributed by atoms with Gasteiger partial charge in [-0.1, -0.05) is 47.6 Å². The first-order valence-electron chi connectivity index (χ1n) is 8.29. The van der Waals surface area contributed by atoms with Crippen molar-refractivity contribution in [3.05, 3.63) is 76.2 Å². The highest BCUT2D eigenvalue weighted by atomic mass is 16.5. The van der Waals surface area contributed by atoms with Crippen molar-refractivity contribution in [1.29, 1.82) is 0 Å². The Morgan fingerprint density at radius 1 is 1.08 bits per heavy atom. The summed E-state index contributed by atoms with van der Waals surface area (Å²) < 4.78 is 10.8. The van der Waals surface area contributed by atoms with Crippen LogP contribution in [0, 0.1) is 0 Å². The summed E-state index contributed by atoms with van der Waals surface area (Å²) in [5.41, 5.74) is 10.6. The maximum Gasteiger partial charge on any atom is 0.118 e. The van der Waals surface area contributed by atoms with Crippen molar-refractivity contribution in [2.75, 3.05) is 13.7 Å². The number of aliphatic hydroxyl groups excluding tert-OH is 2. The minimum atomic E-state index is -1.14.